The maximum absolute atomic E-state index is 14.8. The highest BCUT2D eigenvalue weighted by atomic mass is 16.5. The topological polar surface area (TPSA) is 88.6 Å². The number of benzene rings is 3. The van der Waals surface area contributed by atoms with Gasteiger partial charge >= 0.3 is 0 Å². The minimum absolute atomic E-state index is 0.0289. The van der Waals surface area contributed by atoms with Crippen LogP contribution in [-0.2, 0) is 40.3 Å². The second kappa shape index (κ2) is 13.9. The number of pyridine rings is 1. The molecule has 1 saturated heterocycles. The molecule has 2 amide bonds. The number of ketones is 1. The van der Waals surface area contributed by atoms with Gasteiger partial charge in [0.1, 0.15) is 30.5 Å². The van der Waals surface area contributed by atoms with Crippen molar-refractivity contribution in [3.63, 3.8) is 0 Å². The van der Waals surface area contributed by atoms with Gasteiger partial charge in [-0.1, -0.05) is 93.1 Å². The molecule has 1 aromatic heterocycles. The third-order valence-corrected chi connectivity index (χ3v) is 9.86. The van der Waals surface area contributed by atoms with E-state index in [9.17, 15) is 14.4 Å². The molecule has 2 heterocycles. The zero-order chi connectivity index (χ0) is 33.1. The Labute approximate surface area is 277 Å². The van der Waals surface area contributed by atoms with E-state index in [1.165, 1.54) is 11.1 Å². The molecule has 1 aliphatic carbocycles. The number of aryl methyl sites for hydroxylation is 2. The lowest BCUT2D eigenvalue weighted by atomic mass is 9.84. The summed E-state index contributed by atoms with van der Waals surface area (Å²) in [5.74, 6) is -0.244. The van der Waals surface area contributed by atoms with Crippen molar-refractivity contribution in [2.45, 2.75) is 78.1 Å². The molecule has 47 heavy (non-hydrogen) atoms. The maximum atomic E-state index is 14.8. The monoisotopic (exact) mass is 629 g/mol. The average molecular weight is 630 g/mol. The minimum Gasteiger partial charge on any atom is -0.489 e. The Balaban J connectivity index is 1.38. The number of hydrogen-bond acceptors (Lipinski definition) is 5. The van der Waals surface area contributed by atoms with Crippen molar-refractivity contribution in [1.82, 2.24) is 15.2 Å². The Morgan fingerprint density at radius 1 is 0.957 bits per heavy atom. The first-order valence-electron chi connectivity index (χ1n) is 16.6. The van der Waals surface area contributed by atoms with Gasteiger partial charge in [-0.15, -0.1) is 0 Å². The molecule has 7 nitrogen and oxygen atoms in total. The van der Waals surface area contributed by atoms with Crippen molar-refractivity contribution in [3.05, 3.63) is 130 Å². The van der Waals surface area contributed by atoms with E-state index in [-0.39, 0.29) is 35.9 Å². The van der Waals surface area contributed by atoms with Crippen LogP contribution in [0.5, 0.6) is 5.75 Å². The number of piperazine rings is 1. The van der Waals surface area contributed by atoms with Gasteiger partial charge < -0.3 is 15.0 Å². The van der Waals surface area contributed by atoms with Gasteiger partial charge in [-0.3, -0.25) is 19.4 Å². The van der Waals surface area contributed by atoms with Crippen LogP contribution in [-0.4, -0.2) is 39.6 Å². The molecule has 2 aliphatic rings. The van der Waals surface area contributed by atoms with Crippen LogP contribution in [0.2, 0.25) is 0 Å². The van der Waals surface area contributed by atoms with Gasteiger partial charge in [-0.25, -0.2) is 0 Å². The number of nitrogens with zero attached hydrogens (tertiary/aromatic N) is 2. The van der Waals surface area contributed by atoms with E-state index in [2.05, 4.69) is 22.4 Å². The summed E-state index contributed by atoms with van der Waals surface area (Å²) in [4.78, 5) is 49.9. The Morgan fingerprint density at radius 3 is 2.30 bits per heavy atom. The smallest absolute Gasteiger partial charge is 0.247 e. The van der Waals surface area contributed by atoms with Crippen LogP contribution in [0.15, 0.2) is 91.1 Å². The van der Waals surface area contributed by atoms with E-state index in [1.807, 2.05) is 100 Å². The van der Waals surface area contributed by atoms with Crippen molar-refractivity contribution in [3.8, 4) is 5.75 Å². The van der Waals surface area contributed by atoms with E-state index in [0.29, 0.717) is 37.2 Å². The Morgan fingerprint density at radius 2 is 1.62 bits per heavy atom. The first-order valence-corrected chi connectivity index (χ1v) is 16.6. The molecular formula is C40H43N3O4. The predicted molar refractivity (Wildman–Crippen MR) is 182 cm³/mol. The lowest BCUT2D eigenvalue weighted by molar-refractivity contribution is -0.159. The molecule has 6 rings (SSSR count). The van der Waals surface area contributed by atoms with Crippen LogP contribution in [0.25, 0.3) is 0 Å². The number of ether oxygens (including phenoxy) is 1. The number of rotatable bonds is 11. The highest BCUT2D eigenvalue weighted by Gasteiger charge is 2.50. The molecule has 0 radical (unpaired) electrons. The van der Waals surface area contributed by atoms with Crippen LogP contribution in [0.1, 0.15) is 65.4 Å². The van der Waals surface area contributed by atoms with Crippen molar-refractivity contribution in [2.24, 2.45) is 11.8 Å². The number of Topliss-reactive ketones (excluding diaryl/α,β-unsaturated/α-hetero) is 1. The van der Waals surface area contributed by atoms with Crippen LogP contribution < -0.4 is 10.1 Å². The molecule has 1 fully saturated rings. The Hall–Kier alpha value is -4.78. The number of amides is 2. The number of para-hydroxylation sites is 1. The van der Waals surface area contributed by atoms with Gasteiger partial charge in [0.05, 0.1) is 0 Å². The molecule has 0 spiro atoms. The fourth-order valence-electron chi connectivity index (χ4n) is 7.20. The molecule has 1 unspecified atom stereocenters. The number of nitrogens with one attached hydrogen (secondary N) is 1. The lowest BCUT2D eigenvalue weighted by Crippen LogP contribution is -2.68. The van der Waals surface area contributed by atoms with Crippen LogP contribution in [0.4, 0.5) is 0 Å². The molecule has 1 aliphatic heterocycles. The SMILES string of the molecule is CC[C@H](C)[C@@H]1C(=O)N[C@H](C2Cc3ccccc3C2)C(=O)N1C(C(=O)Cc1ccccc1OCc1ccccc1)c1cnc(C)cc1C. The summed E-state index contributed by atoms with van der Waals surface area (Å²) in [7, 11) is 0. The lowest BCUT2D eigenvalue weighted by Gasteiger charge is -2.46. The zero-order valence-corrected chi connectivity index (χ0v) is 27.6. The molecule has 4 atom stereocenters. The summed E-state index contributed by atoms with van der Waals surface area (Å²) >= 11 is 0. The third kappa shape index (κ3) is 6.71. The molecular weight excluding hydrogens is 586 g/mol. The van der Waals surface area contributed by atoms with E-state index in [1.54, 1.807) is 11.1 Å². The third-order valence-electron chi connectivity index (χ3n) is 9.86. The molecule has 1 N–H and O–H groups in total. The number of carbonyl (C=O) groups is 3. The van der Waals surface area contributed by atoms with Crippen LogP contribution >= 0.6 is 0 Å². The summed E-state index contributed by atoms with van der Waals surface area (Å²) in [5.41, 5.74) is 6.48. The van der Waals surface area contributed by atoms with E-state index >= 15 is 0 Å². The number of hydrogen-bond donors (Lipinski definition) is 1. The molecule has 242 valence electrons. The van der Waals surface area contributed by atoms with E-state index in [4.69, 9.17) is 4.74 Å². The Bertz CT molecular complexity index is 1750. The highest BCUT2D eigenvalue weighted by molar-refractivity contribution is 6.01. The first-order chi connectivity index (χ1) is 22.7. The van der Waals surface area contributed by atoms with Crippen LogP contribution in [0.3, 0.4) is 0 Å². The maximum Gasteiger partial charge on any atom is 0.247 e. The van der Waals surface area contributed by atoms with Gasteiger partial charge in [0, 0.05) is 29.4 Å². The summed E-state index contributed by atoms with van der Waals surface area (Å²) in [5, 5.41) is 3.12. The molecule has 0 saturated carbocycles. The van der Waals surface area contributed by atoms with Gasteiger partial charge in [-0.05, 0) is 72.9 Å². The second-order valence-electron chi connectivity index (χ2n) is 13.1. The summed E-state index contributed by atoms with van der Waals surface area (Å²) in [6.45, 7) is 8.20. The number of carbonyl (C=O) groups excluding carboxylic acids is 3. The highest BCUT2D eigenvalue weighted by Crippen LogP contribution is 2.38. The molecule has 7 heteroatoms. The molecule has 3 aromatic carbocycles. The van der Waals surface area contributed by atoms with Crippen molar-refractivity contribution in [1.29, 1.82) is 0 Å². The van der Waals surface area contributed by atoms with Crippen LogP contribution in [0, 0.1) is 25.7 Å². The fourth-order valence-corrected chi connectivity index (χ4v) is 7.20. The normalized spacial score (nSPS) is 19.2. The van der Waals surface area contributed by atoms with Crippen molar-refractivity contribution >= 4 is 17.6 Å². The first kappa shape index (κ1) is 32.2. The molecule has 4 aromatic rings. The number of aromatic nitrogens is 1. The van der Waals surface area contributed by atoms with Gasteiger partial charge in [-0.2, -0.15) is 0 Å². The van der Waals surface area contributed by atoms with Gasteiger partial charge in [0.25, 0.3) is 0 Å². The summed E-state index contributed by atoms with van der Waals surface area (Å²) in [6.07, 6.45) is 3.80. The van der Waals surface area contributed by atoms with E-state index in [0.717, 1.165) is 22.4 Å². The van der Waals surface area contributed by atoms with E-state index < -0.39 is 18.1 Å². The van der Waals surface area contributed by atoms with Crippen molar-refractivity contribution in [2.75, 3.05) is 0 Å². The number of fused-ring (bicyclic) bond motifs is 1. The predicted octanol–water partition coefficient (Wildman–Crippen LogP) is 6.29. The standard InChI is InChI=1S/C40H43N3O4/c1-5-25(2)37-39(45)42-36(32-20-29-15-9-10-16-30(29)21-32)40(46)43(37)38(33-23-41-27(4)19-26(33)3)34(44)22-31-17-11-12-18-35(31)47-24-28-13-7-6-8-14-28/h6-19,23,25,32,36-38H,5,20-22,24H2,1-4H3,(H,42,45)/t25-,36+,37+,38?/m0/s1. The minimum atomic E-state index is -0.992. The summed E-state index contributed by atoms with van der Waals surface area (Å²) in [6, 6.07) is 25.1. The largest absolute Gasteiger partial charge is 0.489 e. The zero-order valence-electron chi connectivity index (χ0n) is 27.6. The fraction of sp³-hybridized carbons (Fsp3) is 0.350. The average Bonchev–Trinajstić information content (AvgIpc) is 3.51. The second-order valence-corrected chi connectivity index (χ2v) is 13.1. The van der Waals surface area contributed by atoms with Crippen molar-refractivity contribution < 1.29 is 19.1 Å². The molecule has 0 bridgehead atoms. The summed E-state index contributed by atoms with van der Waals surface area (Å²) < 4.78 is 6.22. The van der Waals surface area contributed by atoms with Gasteiger partial charge in [0.15, 0.2) is 5.78 Å². The van der Waals surface area contributed by atoms with Gasteiger partial charge in [0.2, 0.25) is 11.8 Å². The quantitative estimate of drug-likeness (QED) is 0.211. The Kier molecular flexibility index (Phi) is 9.53.